The number of fused-ring (bicyclic) bond motifs is 1. The van der Waals surface area contributed by atoms with Gasteiger partial charge in [0.15, 0.2) is 4.80 Å². The number of esters is 1. The fourth-order valence-electron chi connectivity index (χ4n) is 3.65. The molecule has 0 spiro atoms. The second kappa shape index (κ2) is 9.32. The van der Waals surface area contributed by atoms with Crippen molar-refractivity contribution in [2.24, 2.45) is 4.99 Å². The van der Waals surface area contributed by atoms with E-state index < -0.39 is 12.0 Å². The number of thiazole rings is 1. The second-order valence-corrected chi connectivity index (χ2v) is 8.26. The van der Waals surface area contributed by atoms with E-state index in [1.807, 2.05) is 43.3 Å². The molecular formula is C24H23N3O4S. The Bertz CT molecular complexity index is 1360. The molecular weight excluding hydrogens is 426 g/mol. The third kappa shape index (κ3) is 4.01. The van der Waals surface area contributed by atoms with Crippen molar-refractivity contribution in [1.29, 1.82) is 0 Å². The van der Waals surface area contributed by atoms with E-state index in [4.69, 9.17) is 9.47 Å². The number of pyridine rings is 1. The molecule has 0 saturated carbocycles. The van der Waals surface area contributed by atoms with Gasteiger partial charge < -0.3 is 9.47 Å². The molecule has 32 heavy (non-hydrogen) atoms. The maximum Gasteiger partial charge on any atom is 0.338 e. The van der Waals surface area contributed by atoms with Crippen LogP contribution in [0.2, 0.25) is 0 Å². The summed E-state index contributed by atoms with van der Waals surface area (Å²) in [6.45, 7) is 4.30. The zero-order valence-corrected chi connectivity index (χ0v) is 18.9. The first-order valence-electron chi connectivity index (χ1n) is 10.3. The number of para-hydroxylation sites is 1. The molecule has 0 aliphatic carbocycles. The number of aromatic nitrogens is 2. The molecule has 0 unspecified atom stereocenters. The summed E-state index contributed by atoms with van der Waals surface area (Å²) in [5.74, 6) is 0.0976. The Labute approximate surface area is 189 Å². The van der Waals surface area contributed by atoms with E-state index in [1.165, 1.54) is 18.4 Å². The van der Waals surface area contributed by atoms with Crippen LogP contribution in [-0.4, -0.2) is 29.2 Å². The highest BCUT2D eigenvalue weighted by atomic mass is 32.1. The topological polar surface area (TPSA) is 82.8 Å². The van der Waals surface area contributed by atoms with Crippen molar-refractivity contribution in [3.8, 4) is 5.75 Å². The summed E-state index contributed by atoms with van der Waals surface area (Å²) >= 11 is 1.28. The van der Waals surface area contributed by atoms with Crippen molar-refractivity contribution in [3.05, 3.63) is 90.9 Å². The molecule has 0 saturated heterocycles. The molecule has 4 rings (SSSR count). The quantitative estimate of drug-likeness (QED) is 0.540. The van der Waals surface area contributed by atoms with Gasteiger partial charge in [0.05, 0.1) is 29.5 Å². The summed E-state index contributed by atoms with van der Waals surface area (Å²) in [6.07, 6.45) is 5.98. The summed E-state index contributed by atoms with van der Waals surface area (Å²) in [6, 6.07) is 10.4. The fraction of sp³-hybridized carbons (Fsp3) is 0.250. The van der Waals surface area contributed by atoms with Crippen LogP contribution in [0.4, 0.5) is 0 Å². The number of rotatable bonds is 6. The first kappa shape index (κ1) is 21.7. The predicted molar refractivity (Wildman–Crippen MR) is 122 cm³/mol. The predicted octanol–water partition coefficient (Wildman–Crippen LogP) is 2.59. The highest BCUT2D eigenvalue weighted by Crippen LogP contribution is 2.35. The van der Waals surface area contributed by atoms with Crippen LogP contribution in [0.1, 0.15) is 37.4 Å². The van der Waals surface area contributed by atoms with Gasteiger partial charge in [-0.2, -0.15) is 0 Å². The van der Waals surface area contributed by atoms with E-state index in [9.17, 15) is 9.59 Å². The van der Waals surface area contributed by atoms with Gasteiger partial charge in [-0.05, 0) is 37.1 Å². The van der Waals surface area contributed by atoms with Crippen molar-refractivity contribution in [3.63, 3.8) is 0 Å². The van der Waals surface area contributed by atoms with Crippen LogP contribution in [0, 0.1) is 0 Å². The smallest absolute Gasteiger partial charge is 0.338 e. The lowest BCUT2D eigenvalue weighted by Crippen LogP contribution is -2.40. The van der Waals surface area contributed by atoms with Crippen molar-refractivity contribution in [2.75, 3.05) is 13.7 Å². The molecule has 0 N–H and O–H groups in total. The number of benzene rings is 1. The number of ether oxygens (including phenoxy) is 2. The maximum absolute atomic E-state index is 13.5. The van der Waals surface area contributed by atoms with Crippen LogP contribution in [0.15, 0.2) is 69.8 Å². The van der Waals surface area contributed by atoms with Crippen molar-refractivity contribution >= 4 is 23.4 Å². The molecule has 0 bridgehead atoms. The number of nitrogens with zero attached hydrogens (tertiary/aromatic N) is 3. The number of hydrogen-bond donors (Lipinski definition) is 0. The molecule has 0 radical (unpaired) electrons. The van der Waals surface area contributed by atoms with E-state index in [-0.39, 0.29) is 5.56 Å². The van der Waals surface area contributed by atoms with Crippen LogP contribution in [0.25, 0.3) is 6.08 Å². The maximum atomic E-state index is 13.5. The minimum absolute atomic E-state index is 0.234. The van der Waals surface area contributed by atoms with Crippen molar-refractivity contribution < 1.29 is 14.3 Å². The minimum atomic E-state index is -0.706. The van der Waals surface area contributed by atoms with Gasteiger partial charge in [0, 0.05) is 18.0 Å². The Kier molecular flexibility index (Phi) is 6.32. The van der Waals surface area contributed by atoms with Crippen LogP contribution < -0.4 is 19.6 Å². The Morgan fingerprint density at radius 1 is 1.25 bits per heavy atom. The summed E-state index contributed by atoms with van der Waals surface area (Å²) in [5, 5.41) is 0. The third-order valence-corrected chi connectivity index (χ3v) is 6.07. The SMILES string of the molecule is CCCOc1ccccc1[C@H]1C(C(=O)OC)=C(C)N=c2s/c(=C\c3cccnc3)c(=O)n21. The van der Waals surface area contributed by atoms with Crippen LogP contribution in [0.3, 0.4) is 0 Å². The lowest BCUT2D eigenvalue weighted by molar-refractivity contribution is -0.136. The molecule has 7 nitrogen and oxygen atoms in total. The Morgan fingerprint density at radius 2 is 2.06 bits per heavy atom. The number of allylic oxidation sites excluding steroid dienone is 1. The Hall–Kier alpha value is -3.52. The summed E-state index contributed by atoms with van der Waals surface area (Å²) in [7, 11) is 1.33. The molecule has 2 aromatic heterocycles. The minimum Gasteiger partial charge on any atom is -0.493 e. The van der Waals surface area contributed by atoms with Gasteiger partial charge in [0.2, 0.25) is 0 Å². The molecule has 1 aromatic carbocycles. The zero-order valence-electron chi connectivity index (χ0n) is 18.1. The molecule has 1 atom stereocenters. The largest absolute Gasteiger partial charge is 0.493 e. The van der Waals surface area contributed by atoms with Gasteiger partial charge in [-0.25, -0.2) is 9.79 Å². The Balaban J connectivity index is 1.98. The van der Waals surface area contributed by atoms with Gasteiger partial charge in [-0.15, -0.1) is 0 Å². The number of hydrogen-bond acceptors (Lipinski definition) is 7. The highest BCUT2D eigenvalue weighted by Gasteiger charge is 2.34. The first-order valence-corrected chi connectivity index (χ1v) is 11.1. The van der Waals surface area contributed by atoms with Gasteiger partial charge in [0.1, 0.15) is 11.8 Å². The molecule has 1 aliphatic rings. The van der Waals surface area contributed by atoms with E-state index >= 15 is 0 Å². The van der Waals surface area contributed by atoms with E-state index in [2.05, 4.69) is 9.98 Å². The second-order valence-electron chi connectivity index (χ2n) is 7.25. The fourth-order valence-corrected chi connectivity index (χ4v) is 4.70. The summed E-state index contributed by atoms with van der Waals surface area (Å²) < 4.78 is 13.1. The lowest BCUT2D eigenvalue weighted by atomic mass is 9.95. The van der Waals surface area contributed by atoms with E-state index in [0.717, 1.165) is 12.0 Å². The van der Waals surface area contributed by atoms with Gasteiger partial charge in [0.25, 0.3) is 5.56 Å². The average molecular weight is 450 g/mol. The number of carbonyl (C=O) groups is 1. The summed E-state index contributed by atoms with van der Waals surface area (Å²) in [4.78, 5) is 35.5. The third-order valence-electron chi connectivity index (χ3n) is 5.08. The average Bonchev–Trinajstić information content (AvgIpc) is 3.11. The molecule has 164 valence electrons. The van der Waals surface area contributed by atoms with Gasteiger partial charge >= 0.3 is 5.97 Å². The van der Waals surface area contributed by atoms with E-state index in [1.54, 1.807) is 30.0 Å². The first-order chi connectivity index (χ1) is 15.5. The lowest BCUT2D eigenvalue weighted by Gasteiger charge is -2.26. The molecule has 8 heteroatoms. The van der Waals surface area contributed by atoms with E-state index in [0.29, 0.717) is 38.5 Å². The number of carbonyl (C=O) groups excluding carboxylic acids is 1. The molecule has 3 aromatic rings. The van der Waals surface area contributed by atoms with Crippen LogP contribution >= 0.6 is 11.3 Å². The monoisotopic (exact) mass is 449 g/mol. The van der Waals surface area contributed by atoms with Crippen molar-refractivity contribution in [2.45, 2.75) is 26.3 Å². The molecule has 1 aliphatic heterocycles. The molecule has 0 fully saturated rings. The number of methoxy groups -OCH3 is 1. The van der Waals surface area contributed by atoms with Crippen molar-refractivity contribution in [1.82, 2.24) is 9.55 Å². The standard InChI is InChI=1S/C24H23N3O4S/c1-4-12-31-18-10-6-5-9-17(18)21-20(23(29)30-3)15(2)26-24-27(21)22(28)19(32-24)13-16-8-7-11-25-14-16/h5-11,13-14,21H,4,12H2,1-3H3/b19-13-/t21-/m0/s1. The van der Waals surface area contributed by atoms with Gasteiger partial charge in [-0.3, -0.25) is 14.3 Å². The normalized spacial score (nSPS) is 15.8. The summed E-state index contributed by atoms with van der Waals surface area (Å²) in [5.41, 5.74) is 2.12. The molecule has 0 amide bonds. The van der Waals surface area contributed by atoms with Crippen LogP contribution in [0.5, 0.6) is 5.75 Å². The highest BCUT2D eigenvalue weighted by molar-refractivity contribution is 7.07. The van der Waals surface area contributed by atoms with Crippen LogP contribution in [-0.2, 0) is 9.53 Å². The molecule has 3 heterocycles. The zero-order chi connectivity index (χ0) is 22.7. The Morgan fingerprint density at radius 3 is 2.78 bits per heavy atom. The van der Waals surface area contributed by atoms with Gasteiger partial charge in [-0.1, -0.05) is 42.5 Å².